The van der Waals surface area contributed by atoms with Crippen LogP contribution in [-0.2, 0) is 16.4 Å². The van der Waals surface area contributed by atoms with Gasteiger partial charge in [0.05, 0.1) is 6.10 Å². The summed E-state index contributed by atoms with van der Waals surface area (Å²) in [6.07, 6.45) is 5.09. The van der Waals surface area contributed by atoms with Crippen molar-refractivity contribution in [2.24, 2.45) is 5.41 Å². The van der Waals surface area contributed by atoms with Gasteiger partial charge in [0.1, 0.15) is 4.21 Å². The van der Waals surface area contributed by atoms with Crippen LogP contribution in [0.2, 0.25) is 0 Å². The number of thiophene rings is 1. The summed E-state index contributed by atoms with van der Waals surface area (Å²) in [6, 6.07) is 3.63. The van der Waals surface area contributed by atoms with Gasteiger partial charge in [0, 0.05) is 23.4 Å². The predicted molar refractivity (Wildman–Crippen MR) is 84.0 cm³/mol. The lowest BCUT2D eigenvalue weighted by molar-refractivity contribution is 0.0127. The Kier molecular flexibility index (Phi) is 4.16. The molecule has 1 aromatic heterocycles. The second kappa shape index (κ2) is 5.65. The number of piperidine rings is 1. The number of hydrogen-bond donors (Lipinski definition) is 1. The maximum Gasteiger partial charge on any atom is 0.252 e. The highest BCUT2D eigenvalue weighted by atomic mass is 32.2. The molecular weight excluding hydrogens is 306 g/mol. The van der Waals surface area contributed by atoms with Crippen molar-refractivity contribution in [1.29, 1.82) is 0 Å². The molecule has 118 valence electrons. The van der Waals surface area contributed by atoms with Gasteiger partial charge in [0.25, 0.3) is 10.0 Å². The predicted octanol–water partition coefficient (Wildman–Crippen LogP) is 2.63. The summed E-state index contributed by atoms with van der Waals surface area (Å²) in [4.78, 5) is 1.10. The van der Waals surface area contributed by atoms with E-state index in [1.807, 2.05) is 13.0 Å². The minimum atomic E-state index is -3.40. The summed E-state index contributed by atoms with van der Waals surface area (Å²) >= 11 is 1.37. The molecule has 1 saturated heterocycles. The topological polar surface area (TPSA) is 57.6 Å². The number of aliphatic hydroxyl groups excluding tert-OH is 1. The Morgan fingerprint density at radius 1 is 1.38 bits per heavy atom. The van der Waals surface area contributed by atoms with Crippen molar-refractivity contribution in [3.8, 4) is 0 Å². The molecule has 2 aliphatic rings. The Morgan fingerprint density at radius 2 is 2.14 bits per heavy atom. The Morgan fingerprint density at radius 3 is 2.76 bits per heavy atom. The van der Waals surface area contributed by atoms with Gasteiger partial charge < -0.3 is 5.11 Å². The highest BCUT2D eigenvalue weighted by Crippen LogP contribution is 2.46. The summed E-state index contributed by atoms with van der Waals surface area (Å²) in [5.74, 6) is 0. The zero-order valence-corrected chi connectivity index (χ0v) is 14.0. The van der Waals surface area contributed by atoms with Gasteiger partial charge in [-0.1, -0.05) is 13.3 Å². The van der Waals surface area contributed by atoms with E-state index < -0.39 is 10.0 Å². The van der Waals surface area contributed by atoms with Crippen LogP contribution in [0.4, 0.5) is 0 Å². The third-order valence-corrected chi connectivity index (χ3v) is 8.55. The van der Waals surface area contributed by atoms with Gasteiger partial charge >= 0.3 is 0 Å². The van der Waals surface area contributed by atoms with Crippen molar-refractivity contribution in [3.05, 3.63) is 17.0 Å². The van der Waals surface area contributed by atoms with Crippen LogP contribution in [0.1, 0.15) is 43.9 Å². The van der Waals surface area contributed by atoms with Crippen LogP contribution in [0.15, 0.2) is 16.3 Å². The van der Waals surface area contributed by atoms with Crippen molar-refractivity contribution in [1.82, 2.24) is 4.31 Å². The van der Waals surface area contributed by atoms with Gasteiger partial charge in [-0.2, -0.15) is 4.31 Å². The standard InChI is InChI=1S/C15H23NO3S2/c1-2-12-6-7-14(20-12)21(18,19)16-10-4-9-15(11-16)8-3-5-13(15)17/h6-7,13,17H,2-5,8-11H2,1H3/t13?,15-/m0/s1. The lowest BCUT2D eigenvalue weighted by Crippen LogP contribution is -2.49. The fraction of sp³-hybridized carbons (Fsp3) is 0.733. The van der Waals surface area contributed by atoms with Gasteiger partial charge in [-0.3, -0.25) is 0 Å². The largest absolute Gasteiger partial charge is 0.392 e. The fourth-order valence-electron chi connectivity index (χ4n) is 3.73. The molecule has 1 saturated carbocycles. The van der Waals surface area contributed by atoms with E-state index in [4.69, 9.17) is 0 Å². The molecule has 0 bridgehead atoms. The molecule has 6 heteroatoms. The molecule has 2 fully saturated rings. The van der Waals surface area contributed by atoms with E-state index in [1.54, 1.807) is 10.4 Å². The minimum absolute atomic E-state index is 0.198. The summed E-state index contributed by atoms with van der Waals surface area (Å²) < 4.78 is 27.7. The molecule has 2 atom stereocenters. The molecule has 1 aliphatic carbocycles. The molecule has 1 unspecified atom stereocenters. The van der Waals surface area contributed by atoms with Crippen molar-refractivity contribution < 1.29 is 13.5 Å². The Hall–Kier alpha value is -0.430. The monoisotopic (exact) mass is 329 g/mol. The Labute approximate surface area is 130 Å². The first-order valence-corrected chi connectivity index (χ1v) is 10.0. The molecule has 4 nitrogen and oxygen atoms in total. The summed E-state index contributed by atoms with van der Waals surface area (Å²) in [6.45, 7) is 3.10. The van der Waals surface area contributed by atoms with Gasteiger partial charge in [-0.05, 0) is 44.2 Å². The molecule has 0 amide bonds. The van der Waals surface area contributed by atoms with E-state index in [1.165, 1.54) is 11.3 Å². The molecule has 0 aromatic carbocycles. The average molecular weight is 329 g/mol. The van der Waals surface area contributed by atoms with Crippen LogP contribution in [0.3, 0.4) is 0 Å². The van der Waals surface area contributed by atoms with Crippen molar-refractivity contribution in [2.75, 3.05) is 13.1 Å². The lowest BCUT2D eigenvalue weighted by Gasteiger charge is -2.41. The third kappa shape index (κ3) is 2.67. The SMILES string of the molecule is CCc1ccc(S(=O)(=O)N2CCC[C@@]3(CCCC3O)C2)s1. The molecular formula is C15H23NO3S2. The molecule has 21 heavy (non-hydrogen) atoms. The van der Waals surface area contributed by atoms with E-state index in [0.717, 1.165) is 43.4 Å². The van der Waals surface area contributed by atoms with Crippen LogP contribution in [0.5, 0.6) is 0 Å². The van der Waals surface area contributed by atoms with Gasteiger partial charge in [-0.15, -0.1) is 11.3 Å². The number of sulfonamides is 1. The van der Waals surface area contributed by atoms with E-state index in [-0.39, 0.29) is 11.5 Å². The molecule has 3 rings (SSSR count). The zero-order valence-electron chi connectivity index (χ0n) is 12.4. The number of rotatable bonds is 3. The van der Waals surface area contributed by atoms with E-state index in [2.05, 4.69) is 0 Å². The number of aryl methyl sites for hydroxylation is 1. The molecule has 0 radical (unpaired) electrons. The van der Waals surface area contributed by atoms with Gasteiger partial charge in [0.15, 0.2) is 0 Å². The summed E-state index contributed by atoms with van der Waals surface area (Å²) in [5, 5.41) is 10.3. The average Bonchev–Trinajstić information content (AvgIpc) is 3.08. The summed E-state index contributed by atoms with van der Waals surface area (Å²) in [5.41, 5.74) is -0.198. The highest BCUT2D eigenvalue weighted by Gasteiger charge is 2.47. The Bertz CT molecular complexity index is 610. The van der Waals surface area contributed by atoms with E-state index in [9.17, 15) is 13.5 Å². The molecule has 1 aliphatic heterocycles. The number of hydrogen-bond acceptors (Lipinski definition) is 4. The maximum absolute atomic E-state index is 12.8. The van der Waals surface area contributed by atoms with E-state index in [0.29, 0.717) is 17.3 Å². The normalized spacial score (nSPS) is 31.0. The van der Waals surface area contributed by atoms with Crippen LogP contribution < -0.4 is 0 Å². The minimum Gasteiger partial charge on any atom is -0.392 e. The lowest BCUT2D eigenvalue weighted by atomic mass is 9.77. The van der Waals surface area contributed by atoms with Gasteiger partial charge in [0.2, 0.25) is 0 Å². The molecule has 1 spiro atoms. The first-order valence-electron chi connectivity index (χ1n) is 7.75. The maximum atomic E-state index is 12.8. The second-order valence-corrected chi connectivity index (χ2v) is 9.62. The molecule has 2 heterocycles. The van der Waals surface area contributed by atoms with Crippen molar-refractivity contribution >= 4 is 21.4 Å². The smallest absolute Gasteiger partial charge is 0.252 e. The van der Waals surface area contributed by atoms with Gasteiger partial charge in [-0.25, -0.2) is 8.42 Å². The first-order chi connectivity index (χ1) is 9.98. The van der Waals surface area contributed by atoms with Crippen LogP contribution in [0.25, 0.3) is 0 Å². The van der Waals surface area contributed by atoms with Crippen LogP contribution in [-0.4, -0.2) is 37.0 Å². The van der Waals surface area contributed by atoms with Crippen LogP contribution >= 0.6 is 11.3 Å². The molecule has 1 N–H and O–H groups in total. The third-order valence-electron chi connectivity index (χ3n) is 5.01. The van der Waals surface area contributed by atoms with Crippen molar-refractivity contribution in [3.63, 3.8) is 0 Å². The van der Waals surface area contributed by atoms with Crippen molar-refractivity contribution in [2.45, 2.75) is 55.8 Å². The summed E-state index contributed by atoms with van der Waals surface area (Å²) in [7, 11) is -3.40. The quantitative estimate of drug-likeness (QED) is 0.927. The number of aliphatic hydroxyl groups is 1. The van der Waals surface area contributed by atoms with E-state index >= 15 is 0 Å². The number of nitrogens with zero attached hydrogens (tertiary/aromatic N) is 1. The Balaban J connectivity index is 1.85. The van der Waals surface area contributed by atoms with Crippen LogP contribution in [0, 0.1) is 5.41 Å². The fourth-order valence-corrected chi connectivity index (χ4v) is 6.76. The first kappa shape index (κ1) is 15.5. The molecule has 1 aromatic rings. The second-order valence-electron chi connectivity index (χ2n) is 6.29. The highest BCUT2D eigenvalue weighted by molar-refractivity contribution is 7.91. The zero-order chi connectivity index (χ0) is 15.1.